The summed E-state index contributed by atoms with van der Waals surface area (Å²) in [7, 11) is 3.14. The zero-order valence-electron chi connectivity index (χ0n) is 15.3. The van der Waals surface area contributed by atoms with Crippen LogP contribution in [-0.4, -0.2) is 26.0 Å². The lowest BCUT2D eigenvalue weighted by atomic mass is 10.1. The molecule has 136 valence electrons. The van der Waals surface area contributed by atoms with Gasteiger partial charge in [-0.05, 0) is 42.8 Å². The molecule has 2 aromatic carbocycles. The van der Waals surface area contributed by atoms with Gasteiger partial charge in [0.25, 0.3) is 0 Å². The average molecular weight is 354 g/mol. The number of anilines is 2. The summed E-state index contributed by atoms with van der Waals surface area (Å²) in [6.45, 7) is 3.27. The molecule has 0 atom stereocenters. The second kappa shape index (κ2) is 8.71. The second-order valence-corrected chi connectivity index (χ2v) is 5.59. The molecule has 2 aromatic rings. The Morgan fingerprint density at radius 3 is 2.31 bits per heavy atom. The van der Waals surface area contributed by atoms with Gasteiger partial charge in [0.2, 0.25) is 11.8 Å². The van der Waals surface area contributed by atoms with Crippen LogP contribution in [0.25, 0.3) is 6.08 Å². The number of amides is 2. The summed E-state index contributed by atoms with van der Waals surface area (Å²) in [6, 6.07) is 10.7. The Labute approximate surface area is 152 Å². The fourth-order valence-corrected chi connectivity index (χ4v) is 2.39. The van der Waals surface area contributed by atoms with Crippen LogP contribution in [-0.2, 0) is 9.59 Å². The van der Waals surface area contributed by atoms with Gasteiger partial charge in [-0.25, -0.2) is 0 Å². The van der Waals surface area contributed by atoms with Gasteiger partial charge in [-0.3, -0.25) is 9.59 Å². The van der Waals surface area contributed by atoms with E-state index in [1.54, 1.807) is 50.6 Å². The lowest BCUT2D eigenvalue weighted by Crippen LogP contribution is -2.12. The molecule has 0 aliphatic rings. The predicted molar refractivity (Wildman–Crippen MR) is 103 cm³/mol. The number of rotatable bonds is 6. The van der Waals surface area contributed by atoms with E-state index in [2.05, 4.69) is 10.6 Å². The van der Waals surface area contributed by atoms with Gasteiger partial charge in [-0.15, -0.1) is 0 Å². The molecule has 0 aromatic heterocycles. The van der Waals surface area contributed by atoms with Crippen molar-refractivity contribution >= 4 is 29.3 Å². The highest BCUT2D eigenvalue weighted by molar-refractivity contribution is 6.03. The first-order valence-corrected chi connectivity index (χ1v) is 8.03. The van der Waals surface area contributed by atoms with E-state index in [1.165, 1.54) is 13.0 Å². The van der Waals surface area contributed by atoms with Gasteiger partial charge in [-0.1, -0.05) is 6.07 Å². The Morgan fingerprint density at radius 2 is 1.69 bits per heavy atom. The van der Waals surface area contributed by atoms with Gasteiger partial charge in [0.15, 0.2) is 0 Å². The summed E-state index contributed by atoms with van der Waals surface area (Å²) in [5.41, 5.74) is 2.84. The molecule has 6 heteroatoms. The highest BCUT2D eigenvalue weighted by atomic mass is 16.5. The normalized spacial score (nSPS) is 10.5. The molecule has 0 bridgehead atoms. The molecule has 2 amide bonds. The highest BCUT2D eigenvalue weighted by Crippen LogP contribution is 2.26. The van der Waals surface area contributed by atoms with Gasteiger partial charge < -0.3 is 20.1 Å². The first kappa shape index (κ1) is 19.1. The van der Waals surface area contributed by atoms with Crippen LogP contribution in [0.15, 0.2) is 42.5 Å². The largest absolute Gasteiger partial charge is 0.497 e. The third-order valence-corrected chi connectivity index (χ3v) is 3.76. The van der Waals surface area contributed by atoms with Crippen molar-refractivity contribution in [2.75, 3.05) is 24.9 Å². The highest BCUT2D eigenvalue weighted by Gasteiger charge is 2.08. The van der Waals surface area contributed by atoms with E-state index in [0.29, 0.717) is 22.9 Å². The molecule has 0 saturated heterocycles. The maximum atomic E-state index is 12.2. The second-order valence-electron chi connectivity index (χ2n) is 5.59. The van der Waals surface area contributed by atoms with E-state index in [4.69, 9.17) is 9.47 Å². The fourth-order valence-electron chi connectivity index (χ4n) is 2.39. The number of carbonyl (C=O) groups excluding carboxylic acids is 2. The maximum Gasteiger partial charge on any atom is 0.248 e. The fraction of sp³-hybridized carbons (Fsp3) is 0.200. The standard InChI is InChI=1S/C20H22N2O4/c1-13-17(21-14(2)23)6-5-7-18(13)22-20(24)11-9-15-8-10-16(25-3)12-19(15)26-4/h5-12H,1-4H3,(H,21,23)(H,22,24)/b11-9+. The summed E-state index contributed by atoms with van der Waals surface area (Å²) in [4.78, 5) is 23.5. The number of methoxy groups -OCH3 is 2. The molecule has 6 nitrogen and oxygen atoms in total. The topological polar surface area (TPSA) is 76.7 Å². The minimum Gasteiger partial charge on any atom is -0.497 e. The van der Waals surface area contributed by atoms with Crippen LogP contribution in [0.5, 0.6) is 11.5 Å². The Balaban J connectivity index is 2.14. The summed E-state index contributed by atoms with van der Waals surface area (Å²) < 4.78 is 10.5. The zero-order chi connectivity index (χ0) is 19.1. The Morgan fingerprint density at radius 1 is 1.00 bits per heavy atom. The predicted octanol–water partition coefficient (Wildman–Crippen LogP) is 3.62. The molecule has 0 spiro atoms. The summed E-state index contributed by atoms with van der Waals surface area (Å²) >= 11 is 0. The molecule has 0 heterocycles. The van der Waals surface area contributed by atoms with Gasteiger partial charge in [0.05, 0.1) is 14.2 Å². The maximum absolute atomic E-state index is 12.2. The number of nitrogens with one attached hydrogen (secondary N) is 2. The van der Waals surface area contributed by atoms with Crippen molar-refractivity contribution in [1.29, 1.82) is 0 Å². The third-order valence-electron chi connectivity index (χ3n) is 3.76. The molecular formula is C20H22N2O4. The van der Waals surface area contributed by atoms with Crippen LogP contribution < -0.4 is 20.1 Å². The van der Waals surface area contributed by atoms with Gasteiger partial charge >= 0.3 is 0 Å². The SMILES string of the molecule is COc1ccc(/C=C/C(=O)Nc2cccc(NC(C)=O)c2C)c(OC)c1. The summed E-state index contributed by atoms with van der Waals surface area (Å²) in [5, 5.41) is 5.55. The first-order chi connectivity index (χ1) is 12.4. The quantitative estimate of drug-likeness (QED) is 0.777. The first-order valence-electron chi connectivity index (χ1n) is 8.03. The molecule has 26 heavy (non-hydrogen) atoms. The molecule has 0 aliphatic heterocycles. The molecule has 0 unspecified atom stereocenters. The molecular weight excluding hydrogens is 332 g/mol. The van der Waals surface area contributed by atoms with E-state index in [0.717, 1.165) is 11.1 Å². The van der Waals surface area contributed by atoms with Crippen molar-refractivity contribution < 1.29 is 19.1 Å². The van der Waals surface area contributed by atoms with Gasteiger partial charge in [0.1, 0.15) is 11.5 Å². The molecule has 0 radical (unpaired) electrons. The van der Waals surface area contributed by atoms with Crippen molar-refractivity contribution in [3.63, 3.8) is 0 Å². The Hall–Kier alpha value is -3.28. The summed E-state index contributed by atoms with van der Waals surface area (Å²) in [5.74, 6) is 0.833. The lowest BCUT2D eigenvalue weighted by Gasteiger charge is -2.12. The zero-order valence-corrected chi connectivity index (χ0v) is 15.3. The van der Waals surface area contributed by atoms with Crippen LogP contribution in [0, 0.1) is 6.92 Å². The van der Waals surface area contributed by atoms with Crippen LogP contribution in [0.3, 0.4) is 0 Å². The van der Waals surface area contributed by atoms with Gasteiger partial charge in [-0.2, -0.15) is 0 Å². The van der Waals surface area contributed by atoms with Crippen LogP contribution in [0.4, 0.5) is 11.4 Å². The monoisotopic (exact) mass is 354 g/mol. The number of hydrogen-bond donors (Lipinski definition) is 2. The van der Waals surface area contributed by atoms with Crippen molar-refractivity contribution in [1.82, 2.24) is 0 Å². The number of benzene rings is 2. The molecule has 0 fully saturated rings. The Kier molecular flexibility index (Phi) is 6.38. The average Bonchev–Trinajstić information content (AvgIpc) is 2.62. The van der Waals surface area contributed by atoms with Gasteiger partial charge in [0, 0.05) is 36.0 Å². The minimum atomic E-state index is -0.286. The number of carbonyl (C=O) groups is 2. The molecule has 2 rings (SSSR count). The van der Waals surface area contributed by atoms with E-state index in [-0.39, 0.29) is 11.8 Å². The van der Waals surface area contributed by atoms with Crippen LogP contribution in [0.1, 0.15) is 18.1 Å². The van der Waals surface area contributed by atoms with Crippen molar-refractivity contribution in [2.45, 2.75) is 13.8 Å². The van der Waals surface area contributed by atoms with Crippen molar-refractivity contribution in [3.8, 4) is 11.5 Å². The molecule has 0 saturated carbocycles. The molecule has 0 aliphatic carbocycles. The smallest absolute Gasteiger partial charge is 0.248 e. The van der Waals surface area contributed by atoms with E-state index in [1.807, 2.05) is 13.0 Å². The van der Waals surface area contributed by atoms with Crippen molar-refractivity contribution in [2.24, 2.45) is 0 Å². The van der Waals surface area contributed by atoms with E-state index < -0.39 is 0 Å². The van der Waals surface area contributed by atoms with E-state index in [9.17, 15) is 9.59 Å². The number of ether oxygens (including phenoxy) is 2. The minimum absolute atomic E-state index is 0.164. The third kappa shape index (κ3) is 4.86. The lowest BCUT2D eigenvalue weighted by molar-refractivity contribution is -0.114. The van der Waals surface area contributed by atoms with E-state index >= 15 is 0 Å². The Bertz CT molecular complexity index is 844. The number of hydrogen-bond acceptors (Lipinski definition) is 4. The van der Waals surface area contributed by atoms with Crippen LogP contribution >= 0.6 is 0 Å². The summed E-state index contributed by atoms with van der Waals surface area (Å²) in [6.07, 6.45) is 3.09. The van der Waals surface area contributed by atoms with Crippen molar-refractivity contribution in [3.05, 3.63) is 53.6 Å². The van der Waals surface area contributed by atoms with Crippen LogP contribution in [0.2, 0.25) is 0 Å². The molecule has 2 N–H and O–H groups in total.